The highest BCUT2D eigenvalue weighted by Gasteiger charge is 2.28. The van der Waals surface area contributed by atoms with Gasteiger partial charge in [-0.3, -0.25) is 4.79 Å². The second-order valence-corrected chi connectivity index (χ2v) is 6.13. The van der Waals surface area contributed by atoms with Gasteiger partial charge in [0.15, 0.2) is 0 Å². The van der Waals surface area contributed by atoms with Crippen molar-refractivity contribution in [3.63, 3.8) is 0 Å². The number of carbonyl (C=O) groups is 1. The van der Waals surface area contributed by atoms with Gasteiger partial charge in [-0.05, 0) is 36.3 Å². The monoisotopic (exact) mass is 331 g/mol. The van der Waals surface area contributed by atoms with Gasteiger partial charge in [0.05, 0.1) is 6.26 Å². The van der Waals surface area contributed by atoms with E-state index in [1.165, 1.54) is 6.08 Å². The van der Waals surface area contributed by atoms with Gasteiger partial charge in [-0.2, -0.15) is 0 Å². The van der Waals surface area contributed by atoms with E-state index in [1.54, 1.807) is 18.4 Å². The summed E-state index contributed by atoms with van der Waals surface area (Å²) in [5.41, 5.74) is 2.02. The third-order valence-electron chi connectivity index (χ3n) is 4.38. The molecule has 0 aliphatic rings. The summed E-state index contributed by atoms with van der Waals surface area (Å²) in [4.78, 5) is 12.2. The Balaban J connectivity index is 1.78. The molecule has 3 heteroatoms. The van der Waals surface area contributed by atoms with Crippen molar-refractivity contribution in [1.82, 2.24) is 5.32 Å². The third kappa shape index (κ3) is 4.07. The van der Waals surface area contributed by atoms with E-state index in [9.17, 15) is 4.79 Å². The molecule has 0 spiro atoms. The van der Waals surface area contributed by atoms with Crippen LogP contribution in [-0.4, -0.2) is 12.5 Å². The first kappa shape index (κ1) is 16.8. The largest absolute Gasteiger partial charge is 0.465 e. The first-order valence-electron chi connectivity index (χ1n) is 8.29. The molecular weight excluding hydrogens is 310 g/mol. The molecule has 3 aromatic rings. The van der Waals surface area contributed by atoms with Gasteiger partial charge in [0.1, 0.15) is 5.76 Å². The second-order valence-electron chi connectivity index (χ2n) is 6.13. The zero-order valence-corrected chi connectivity index (χ0v) is 14.2. The van der Waals surface area contributed by atoms with Gasteiger partial charge < -0.3 is 9.73 Å². The third-order valence-corrected chi connectivity index (χ3v) is 4.38. The van der Waals surface area contributed by atoms with E-state index in [2.05, 4.69) is 36.5 Å². The van der Waals surface area contributed by atoms with Crippen LogP contribution in [0.5, 0.6) is 0 Å². The molecule has 3 nitrogen and oxygen atoms in total. The lowest BCUT2D eigenvalue weighted by Crippen LogP contribution is -2.39. The molecule has 0 radical (unpaired) electrons. The molecule has 1 amide bonds. The highest BCUT2D eigenvalue weighted by Crippen LogP contribution is 2.31. The van der Waals surface area contributed by atoms with Crippen molar-refractivity contribution in [2.45, 2.75) is 12.3 Å². The van der Waals surface area contributed by atoms with E-state index >= 15 is 0 Å². The average molecular weight is 331 g/mol. The van der Waals surface area contributed by atoms with Gasteiger partial charge in [0.2, 0.25) is 5.91 Å². The smallest absolute Gasteiger partial charge is 0.244 e. The molecule has 1 N–H and O–H groups in total. The summed E-state index contributed by atoms with van der Waals surface area (Å²) in [6.07, 6.45) is 4.74. The lowest BCUT2D eigenvalue weighted by molar-refractivity contribution is -0.116. The Morgan fingerprint density at radius 3 is 2.08 bits per heavy atom. The molecule has 0 bridgehead atoms. The van der Waals surface area contributed by atoms with Crippen molar-refractivity contribution in [1.29, 1.82) is 0 Å². The Kier molecular flexibility index (Phi) is 5.14. The Labute approximate surface area is 148 Å². The van der Waals surface area contributed by atoms with Crippen molar-refractivity contribution in [2.75, 3.05) is 6.54 Å². The maximum atomic E-state index is 12.2. The quantitative estimate of drug-likeness (QED) is 0.680. The van der Waals surface area contributed by atoms with E-state index in [0.29, 0.717) is 12.3 Å². The van der Waals surface area contributed by atoms with Crippen molar-refractivity contribution in [3.8, 4) is 0 Å². The summed E-state index contributed by atoms with van der Waals surface area (Å²) in [5, 5.41) is 3.02. The highest BCUT2D eigenvalue weighted by molar-refractivity contribution is 5.91. The van der Waals surface area contributed by atoms with Crippen LogP contribution in [0.4, 0.5) is 0 Å². The van der Waals surface area contributed by atoms with E-state index in [4.69, 9.17) is 4.42 Å². The van der Waals surface area contributed by atoms with Gasteiger partial charge in [0.25, 0.3) is 0 Å². The summed E-state index contributed by atoms with van der Waals surface area (Å²) in [6.45, 7) is 2.65. The molecule has 0 atom stereocenters. The van der Waals surface area contributed by atoms with Crippen LogP contribution < -0.4 is 5.32 Å². The Hall–Kier alpha value is -3.07. The fourth-order valence-corrected chi connectivity index (χ4v) is 2.85. The van der Waals surface area contributed by atoms with E-state index in [1.807, 2.05) is 42.5 Å². The summed E-state index contributed by atoms with van der Waals surface area (Å²) in [6, 6.07) is 24.1. The molecule has 0 saturated carbocycles. The molecule has 0 aliphatic heterocycles. The zero-order valence-electron chi connectivity index (χ0n) is 14.2. The fraction of sp³-hybridized carbons (Fsp3) is 0.136. The minimum Gasteiger partial charge on any atom is -0.465 e. The first-order valence-corrected chi connectivity index (χ1v) is 8.29. The predicted molar refractivity (Wildman–Crippen MR) is 100 cm³/mol. The summed E-state index contributed by atoms with van der Waals surface area (Å²) in [7, 11) is 0. The molecule has 1 aromatic heterocycles. The van der Waals surface area contributed by atoms with Crippen LogP contribution >= 0.6 is 0 Å². The molecule has 0 saturated heterocycles. The lowest BCUT2D eigenvalue weighted by atomic mass is 9.76. The first-order chi connectivity index (χ1) is 12.2. The molecule has 25 heavy (non-hydrogen) atoms. The number of hydrogen-bond donors (Lipinski definition) is 1. The minimum absolute atomic E-state index is 0.144. The molecule has 126 valence electrons. The van der Waals surface area contributed by atoms with Crippen LogP contribution in [0.2, 0.25) is 0 Å². The maximum Gasteiger partial charge on any atom is 0.244 e. The number of hydrogen-bond acceptors (Lipinski definition) is 2. The van der Waals surface area contributed by atoms with Crippen LogP contribution in [-0.2, 0) is 10.2 Å². The zero-order chi connectivity index (χ0) is 17.5. The summed E-state index contributed by atoms with van der Waals surface area (Å²) in [5.74, 6) is 0.513. The minimum atomic E-state index is -0.309. The molecule has 0 unspecified atom stereocenters. The Bertz CT molecular complexity index is 781. The van der Waals surface area contributed by atoms with Crippen molar-refractivity contribution in [3.05, 3.63) is 102 Å². The predicted octanol–water partition coefficient (Wildman–Crippen LogP) is 4.42. The van der Waals surface area contributed by atoms with Crippen molar-refractivity contribution < 1.29 is 9.21 Å². The molecule has 3 rings (SSSR count). The van der Waals surface area contributed by atoms with Gasteiger partial charge in [0, 0.05) is 18.0 Å². The summed E-state index contributed by atoms with van der Waals surface area (Å²) < 4.78 is 5.20. The summed E-state index contributed by atoms with van der Waals surface area (Å²) >= 11 is 0. The Morgan fingerprint density at radius 1 is 0.960 bits per heavy atom. The molecule has 0 fully saturated rings. The van der Waals surface area contributed by atoms with Crippen LogP contribution in [0.1, 0.15) is 23.8 Å². The van der Waals surface area contributed by atoms with E-state index in [-0.39, 0.29) is 11.3 Å². The lowest BCUT2D eigenvalue weighted by Gasteiger charge is -2.31. The topological polar surface area (TPSA) is 42.2 Å². The van der Waals surface area contributed by atoms with Crippen LogP contribution in [0, 0.1) is 0 Å². The molecule has 0 aliphatic carbocycles. The SMILES string of the molecule is CC(CNC(=O)/C=C\c1ccco1)(c1ccccc1)c1ccccc1. The number of rotatable bonds is 6. The van der Waals surface area contributed by atoms with E-state index in [0.717, 1.165) is 11.1 Å². The van der Waals surface area contributed by atoms with Gasteiger partial charge in [-0.15, -0.1) is 0 Å². The molecule has 1 heterocycles. The second kappa shape index (κ2) is 7.67. The standard InChI is InChI=1S/C22H21NO2/c1-22(18-9-4-2-5-10-18,19-11-6-3-7-12-19)17-23-21(24)15-14-20-13-8-16-25-20/h2-16H,17H2,1H3,(H,23,24)/b15-14-. The fourth-order valence-electron chi connectivity index (χ4n) is 2.85. The number of furan rings is 1. The van der Waals surface area contributed by atoms with Crippen LogP contribution in [0.15, 0.2) is 89.6 Å². The van der Waals surface area contributed by atoms with Crippen LogP contribution in [0.3, 0.4) is 0 Å². The maximum absolute atomic E-state index is 12.2. The van der Waals surface area contributed by atoms with Gasteiger partial charge >= 0.3 is 0 Å². The number of nitrogens with one attached hydrogen (secondary N) is 1. The Morgan fingerprint density at radius 2 is 1.56 bits per heavy atom. The molecule has 2 aromatic carbocycles. The van der Waals surface area contributed by atoms with Crippen molar-refractivity contribution in [2.24, 2.45) is 0 Å². The van der Waals surface area contributed by atoms with Crippen molar-refractivity contribution >= 4 is 12.0 Å². The van der Waals surface area contributed by atoms with Gasteiger partial charge in [-0.1, -0.05) is 60.7 Å². The number of benzene rings is 2. The van der Waals surface area contributed by atoms with Crippen LogP contribution in [0.25, 0.3) is 6.08 Å². The highest BCUT2D eigenvalue weighted by atomic mass is 16.3. The number of amides is 1. The average Bonchev–Trinajstić information content (AvgIpc) is 3.19. The number of carbonyl (C=O) groups excluding carboxylic acids is 1. The molecular formula is C22H21NO2. The van der Waals surface area contributed by atoms with E-state index < -0.39 is 0 Å². The van der Waals surface area contributed by atoms with Gasteiger partial charge in [-0.25, -0.2) is 0 Å². The normalized spacial score (nSPS) is 11.6.